The number of hydrogen-bond acceptors (Lipinski definition) is 1. The van der Waals surface area contributed by atoms with Crippen LogP contribution < -0.4 is 10.1 Å². The average Bonchev–Trinajstić information content (AvgIpc) is 3.64. The van der Waals surface area contributed by atoms with Crippen LogP contribution in [0.25, 0.3) is 22.3 Å². The van der Waals surface area contributed by atoms with Gasteiger partial charge in [0, 0.05) is 17.1 Å². The molecule has 0 radical (unpaired) electrons. The van der Waals surface area contributed by atoms with Crippen LogP contribution >= 0.6 is 0 Å². The Kier molecular flexibility index (Phi) is 14.9. The number of anilines is 3. The van der Waals surface area contributed by atoms with E-state index in [1.54, 1.807) is 5.19 Å². The second-order valence-corrected chi connectivity index (χ2v) is 22.9. The van der Waals surface area contributed by atoms with Crippen molar-refractivity contribution in [1.82, 2.24) is 0 Å². The van der Waals surface area contributed by atoms with Gasteiger partial charge in [-0.2, -0.15) is 0 Å². The third kappa shape index (κ3) is 9.44. The van der Waals surface area contributed by atoms with Crippen molar-refractivity contribution in [3.63, 3.8) is 0 Å². The van der Waals surface area contributed by atoms with Gasteiger partial charge in [-0.1, -0.05) is 267 Å². The van der Waals surface area contributed by atoms with Crippen LogP contribution in [-0.4, -0.2) is 8.07 Å². The summed E-state index contributed by atoms with van der Waals surface area (Å²) in [4.78, 5) is 2.52. The molecule has 63 heavy (non-hydrogen) atoms. The van der Waals surface area contributed by atoms with E-state index in [1.165, 1.54) is 157 Å². The van der Waals surface area contributed by atoms with Gasteiger partial charge >= 0.3 is 0 Å². The first-order chi connectivity index (χ1) is 31.1. The molecule has 0 aliphatic heterocycles. The summed E-state index contributed by atoms with van der Waals surface area (Å²) in [5, 5.41) is 1.69. The molecule has 0 aromatic heterocycles. The fourth-order valence-electron chi connectivity index (χ4n) is 10.9. The van der Waals surface area contributed by atoms with Crippen LogP contribution in [0, 0.1) is 0 Å². The van der Waals surface area contributed by atoms with Gasteiger partial charge in [0.2, 0.25) is 0 Å². The highest BCUT2D eigenvalue weighted by atomic mass is 28.3. The molecule has 0 heterocycles. The maximum atomic E-state index is 2.59. The van der Waals surface area contributed by atoms with Crippen molar-refractivity contribution in [1.29, 1.82) is 0 Å². The van der Waals surface area contributed by atoms with Crippen molar-refractivity contribution in [2.45, 2.75) is 121 Å². The van der Waals surface area contributed by atoms with Crippen molar-refractivity contribution in [2.24, 2.45) is 0 Å². The first-order valence-corrected chi connectivity index (χ1v) is 27.2. The van der Waals surface area contributed by atoms with Crippen LogP contribution in [0.4, 0.5) is 17.1 Å². The number of hydrogen-bond donors (Lipinski definition) is 0. The molecule has 7 aromatic rings. The van der Waals surface area contributed by atoms with E-state index in [2.05, 4.69) is 208 Å². The highest BCUT2D eigenvalue weighted by Gasteiger charge is 2.46. The van der Waals surface area contributed by atoms with Gasteiger partial charge in [-0.05, 0) is 80.9 Å². The number of nitrogens with zero attached hydrogens (tertiary/aromatic N) is 1. The third-order valence-corrected chi connectivity index (χ3v) is 19.7. The van der Waals surface area contributed by atoms with Crippen LogP contribution in [0.2, 0.25) is 18.1 Å². The van der Waals surface area contributed by atoms with E-state index in [1.807, 2.05) is 0 Å². The molecule has 0 fully saturated rings. The van der Waals surface area contributed by atoms with Crippen LogP contribution in [0.5, 0.6) is 0 Å². The molecule has 0 N–H and O–H groups in total. The molecule has 0 spiro atoms. The molecule has 0 saturated heterocycles. The minimum absolute atomic E-state index is 0.463. The minimum atomic E-state index is -1.75. The minimum Gasteiger partial charge on any atom is -0.310 e. The lowest BCUT2D eigenvalue weighted by Gasteiger charge is -2.35. The molecule has 0 saturated carbocycles. The molecule has 0 unspecified atom stereocenters. The van der Waals surface area contributed by atoms with Gasteiger partial charge in [0.1, 0.15) is 0 Å². The molecule has 322 valence electrons. The van der Waals surface area contributed by atoms with Gasteiger partial charge < -0.3 is 4.90 Å². The van der Waals surface area contributed by atoms with Crippen molar-refractivity contribution >= 4 is 30.3 Å². The summed E-state index contributed by atoms with van der Waals surface area (Å²) in [6, 6.07) is 73.3. The summed E-state index contributed by atoms with van der Waals surface area (Å²) in [6.45, 7) is 7.05. The smallest absolute Gasteiger partial charge is 0.0867 e. The zero-order valence-electron chi connectivity index (χ0n) is 38.4. The van der Waals surface area contributed by atoms with Crippen LogP contribution in [0.15, 0.2) is 182 Å². The summed E-state index contributed by atoms with van der Waals surface area (Å²) in [5.41, 5.74) is 13.5. The molecule has 1 aliphatic carbocycles. The molecule has 1 nitrogen and oxygen atoms in total. The Morgan fingerprint density at radius 2 is 0.794 bits per heavy atom. The first kappa shape index (κ1) is 44.2. The molecule has 2 heteroatoms. The Morgan fingerprint density at radius 3 is 1.32 bits per heavy atom. The first-order valence-electron chi connectivity index (χ1n) is 24.5. The van der Waals surface area contributed by atoms with E-state index < -0.39 is 13.5 Å². The van der Waals surface area contributed by atoms with Crippen LogP contribution in [0.1, 0.15) is 120 Å². The summed E-state index contributed by atoms with van der Waals surface area (Å²) < 4.78 is 0. The van der Waals surface area contributed by atoms with Gasteiger partial charge in [0.05, 0.1) is 13.5 Å². The zero-order chi connectivity index (χ0) is 43.3. The third-order valence-electron chi connectivity index (χ3n) is 14.2. The van der Waals surface area contributed by atoms with Crippen molar-refractivity contribution in [2.75, 3.05) is 4.90 Å². The van der Waals surface area contributed by atoms with Crippen molar-refractivity contribution in [3.8, 4) is 22.3 Å². The maximum absolute atomic E-state index is 2.59. The predicted octanol–water partition coefficient (Wildman–Crippen LogP) is 17.6. The van der Waals surface area contributed by atoms with Crippen LogP contribution in [0.3, 0.4) is 0 Å². The highest BCUT2D eigenvalue weighted by Crippen LogP contribution is 2.57. The van der Waals surface area contributed by atoms with Crippen molar-refractivity contribution in [3.05, 3.63) is 204 Å². The summed E-state index contributed by atoms with van der Waals surface area (Å²) in [5.74, 6) is 0. The summed E-state index contributed by atoms with van der Waals surface area (Å²) in [6.07, 6.45) is 16.2. The Morgan fingerprint density at radius 1 is 0.365 bits per heavy atom. The van der Waals surface area contributed by atoms with Gasteiger partial charge in [-0.3, -0.25) is 0 Å². The molecule has 7 aromatic carbocycles. The second kappa shape index (κ2) is 21.3. The molecule has 1 aliphatic rings. The second-order valence-electron chi connectivity index (χ2n) is 18.3. The largest absolute Gasteiger partial charge is 0.310 e. The highest BCUT2D eigenvalue weighted by molar-refractivity contribution is 6.91. The SMILES string of the molecule is CCCCCC[Si](CCCCCC)(CCCCCC)c1ccc(N(c2ccc(-c3ccccc3)cc2)c2ccc3c(c2)C(c2ccccc2)(c2ccccc2)c2ccccc2-3)cc1. The fraction of sp³-hybridized carbons (Fsp3) is 0.311. The average molecular weight is 844 g/mol. The Hall–Kier alpha value is -5.44. The zero-order valence-corrected chi connectivity index (χ0v) is 39.4. The van der Waals surface area contributed by atoms with E-state index >= 15 is 0 Å². The topological polar surface area (TPSA) is 3.24 Å². The fourth-order valence-corrected chi connectivity index (χ4v) is 16.2. The molecular weight excluding hydrogens is 775 g/mol. The normalized spacial score (nSPS) is 12.8. The lowest BCUT2D eigenvalue weighted by atomic mass is 9.67. The van der Waals surface area contributed by atoms with E-state index in [9.17, 15) is 0 Å². The molecule has 0 atom stereocenters. The lowest BCUT2D eigenvalue weighted by molar-refractivity contribution is 0.668. The van der Waals surface area contributed by atoms with Crippen LogP contribution in [-0.2, 0) is 5.41 Å². The number of benzene rings is 7. The summed E-state index contributed by atoms with van der Waals surface area (Å²) >= 11 is 0. The van der Waals surface area contributed by atoms with Gasteiger partial charge in [0.25, 0.3) is 0 Å². The lowest BCUT2D eigenvalue weighted by Crippen LogP contribution is -2.47. The van der Waals surface area contributed by atoms with Gasteiger partial charge in [0.15, 0.2) is 0 Å². The molecule has 0 amide bonds. The molecular formula is C61H69NSi. The number of fused-ring (bicyclic) bond motifs is 3. The Labute approximate surface area is 381 Å². The number of rotatable bonds is 22. The van der Waals surface area contributed by atoms with E-state index in [-0.39, 0.29) is 0 Å². The molecule has 8 rings (SSSR count). The van der Waals surface area contributed by atoms with Gasteiger partial charge in [-0.25, -0.2) is 0 Å². The Balaban J connectivity index is 1.27. The predicted molar refractivity (Wildman–Crippen MR) is 276 cm³/mol. The Bertz CT molecular complexity index is 2380. The van der Waals surface area contributed by atoms with Crippen molar-refractivity contribution < 1.29 is 0 Å². The quantitative estimate of drug-likeness (QED) is 0.0485. The molecule has 0 bridgehead atoms. The number of unbranched alkanes of at least 4 members (excludes halogenated alkanes) is 9. The maximum Gasteiger partial charge on any atom is 0.0867 e. The standard InChI is InChI=1S/C61H69NSi/c1-4-7-10-24-45-63(46-25-11-8-5-2,47-26-12-9-6-3)56-42-39-54(40-43-56)62(53-37-35-50(36-38-53)49-27-16-13-17-28-49)55-41-44-58-57-33-22-23-34-59(57)61(60(58)48-55,51-29-18-14-19-30-51)52-31-20-15-21-32-52/h13-23,27-44,48H,4-12,24-26,45-47H2,1-3H3. The van der Waals surface area contributed by atoms with E-state index in [0.29, 0.717) is 0 Å². The summed E-state index contributed by atoms with van der Waals surface area (Å²) in [7, 11) is -1.75. The van der Waals surface area contributed by atoms with E-state index in [4.69, 9.17) is 0 Å². The van der Waals surface area contributed by atoms with Gasteiger partial charge in [-0.15, -0.1) is 0 Å². The monoisotopic (exact) mass is 844 g/mol. The van der Waals surface area contributed by atoms with E-state index in [0.717, 1.165) is 0 Å².